The molecule has 0 saturated heterocycles. The van der Waals surface area contributed by atoms with E-state index in [0.717, 1.165) is 30.8 Å². The summed E-state index contributed by atoms with van der Waals surface area (Å²) in [7, 11) is 1.64. The average Bonchev–Trinajstić information content (AvgIpc) is 2.94. The number of hydrogen-bond acceptors (Lipinski definition) is 5. The maximum absolute atomic E-state index is 5.99. The van der Waals surface area contributed by atoms with Crippen LogP contribution in [0.25, 0.3) is 0 Å². The van der Waals surface area contributed by atoms with Crippen LogP contribution >= 0.6 is 0 Å². The smallest absolute Gasteiger partial charge is 0.231 e. The third-order valence-electron chi connectivity index (χ3n) is 3.65. The number of fused-ring (bicyclic) bond motifs is 1. The van der Waals surface area contributed by atoms with Crippen molar-refractivity contribution in [3.05, 3.63) is 17.7 Å². The van der Waals surface area contributed by atoms with Crippen molar-refractivity contribution in [1.29, 1.82) is 0 Å². The van der Waals surface area contributed by atoms with Crippen LogP contribution in [0.2, 0.25) is 0 Å². The summed E-state index contributed by atoms with van der Waals surface area (Å²) < 4.78 is 16.3. The molecule has 2 N–H and O–H groups in total. The molecule has 0 bridgehead atoms. The second-order valence-electron chi connectivity index (χ2n) is 4.84. The van der Waals surface area contributed by atoms with Crippen LogP contribution in [-0.2, 0) is 0 Å². The third-order valence-corrected chi connectivity index (χ3v) is 3.65. The van der Waals surface area contributed by atoms with E-state index in [1.807, 2.05) is 12.1 Å². The van der Waals surface area contributed by atoms with Gasteiger partial charge in [0.2, 0.25) is 12.5 Å². The molecule has 0 radical (unpaired) electrons. The van der Waals surface area contributed by atoms with Crippen LogP contribution in [0.1, 0.15) is 31.9 Å². The largest absolute Gasteiger partial charge is 0.493 e. The molecule has 0 spiro atoms. The number of ether oxygens (including phenoxy) is 3. The molecule has 1 heterocycles. The number of rotatable bonds is 7. The van der Waals surface area contributed by atoms with Crippen LogP contribution in [0.5, 0.6) is 17.2 Å². The minimum Gasteiger partial charge on any atom is -0.493 e. The lowest BCUT2D eigenvalue weighted by Gasteiger charge is -2.30. The molecule has 1 atom stereocenters. The molecule has 5 nitrogen and oxygen atoms in total. The Kier molecular flexibility index (Phi) is 5.09. The average molecular weight is 280 g/mol. The first kappa shape index (κ1) is 14.9. The van der Waals surface area contributed by atoms with Gasteiger partial charge in [0.1, 0.15) is 0 Å². The first-order valence-electron chi connectivity index (χ1n) is 7.16. The van der Waals surface area contributed by atoms with E-state index in [4.69, 9.17) is 19.9 Å². The van der Waals surface area contributed by atoms with Gasteiger partial charge in [-0.2, -0.15) is 0 Å². The molecule has 5 heteroatoms. The van der Waals surface area contributed by atoms with E-state index >= 15 is 0 Å². The molecule has 0 amide bonds. The Morgan fingerprint density at radius 1 is 1.35 bits per heavy atom. The molecular formula is C15H24N2O3. The van der Waals surface area contributed by atoms with Gasteiger partial charge in [-0.15, -0.1) is 0 Å². The van der Waals surface area contributed by atoms with Crippen molar-refractivity contribution in [3.63, 3.8) is 0 Å². The summed E-state index contributed by atoms with van der Waals surface area (Å²) in [5, 5.41) is 0. The van der Waals surface area contributed by atoms with E-state index in [1.165, 1.54) is 0 Å². The molecule has 1 aromatic carbocycles. The highest BCUT2D eigenvalue weighted by Gasteiger charge is 2.24. The van der Waals surface area contributed by atoms with E-state index in [1.54, 1.807) is 7.11 Å². The van der Waals surface area contributed by atoms with Gasteiger partial charge in [-0.05, 0) is 37.2 Å². The first-order chi connectivity index (χ1) is 9.74. The molecule has 0 fully saturated rings. The molecule has 1 unspecified atom stereocenters. The van der Waals surface area contributed by atoms with Crippen LogP contribution in [0, 0.1) is 0 Å². The lowest BCUT2D eigenvalue weighted by molar-refractivity contribution is 0.171. The van der Waals surface area contributed by atoms with Gasteiger partial charge in [0.05, 0.1) is 7.11 Å². The minimum absolute atomic E-state index is 0.170. The number of nitrogens with two attached hydrogens (primary N) is 1. The summed E-state index contributed by atoms with van der Waals surface area (Å²) >= 11 is 0. The van der Waals surface area contributed by atoms with Crippen LogP contribution in [-0.4, -0.2) is 38.4 Å². The summed E-state index contributed by atoms with van der Waals surface area (Å²) in [6.45, 7) is 7.13. The van der Waals surface area contributed by atoms with E-state index in [2.05, 4.69) is 18.7 Å². The summed E-state index contributed by atoms with van der Waals surface area (Å²) in [6.07, 6.45) is 1.10. The molecule has 0 aromatic heterocycles. The summed E-state index contributed by atoms with van der Waals surface area (Å²) in [5.41, 5.74) is 7.11. The fourth-order valence-electron chi connectivity index (χ4n) is 2.66. The SMILES string of the molecule is CCCN(CC)C(CN)c1cc(OC)c2c(c1)OCO2. The zero-order valence-electron chi connectivity index (χ0n) is 12.5. The van der Waals surface area contributed by atoms with Gasteiger partial charge in [0.15, 0.2) is 11.5 Å². The molecule has 1 aliphatic heterocycles. The Balaban J connectivity index is 2.34. The van der Waals surface area contributed by atoms with Crippen molar-refractivity contribution in [2.75, 3.05) is 33.5 Å². The van der Waals surface area contributed by atoms with Crippen LogP contribution in [0.4, 0.5) is 0 Å². The van der Waals surface area contributed by atoms with Gasteiger partial charge < -0.3 is 19.9 Å². The second kappa shape index (κ2) is 6.81. The van der Waals surface area contributed by atoms with Crippen molar-refractivity contribution in [3.8, 4) is 17.2 Å². The van der Waals surface area contributed by atoms with Gasteiger partial charge in [-0.3, -0.25) is 4.90 Å². The van der Waals surface area contributed by atoms with E-state index in [0.29, 0.717) is 18.0 Å². The summed E-state index contributed by atoms with van der Waals surface area (Å²) in [5.74, 6) is 2.14. The maximum atomic E-state index is 5.99. The van der Waals surface area contributed by atoms with Gasteiger partial charge in [-0.1, -0.05) is 13.8 Å². The normalized spacial score (nSPS) is 14.7. The van der Waals surface area contributed by atoms with Gasteiger partial charge in [-0.25, -0.2) is 0 Å². The Hall–Kier alpha value is -1.46. The van der Waals surface area contributed by atoms with E-state index < -0.39 is 0 Å². The summed E-state index contributed by atoms with van der Waals surface area (Å²) in [4.78, 5) is 2.37. The van der Waals surface area contributed by atoms with Crippen molar-refractivity contribution < 1.29 is 14.2 Å². The first-order valence-corrected chi connectivity index (χ1v) is 7.16. The monoisotopic (exact) mass is 280 g/mol. The number of likely N-dealkylation sites (N-methyl/N-ethyl adjacent to an activating group) is 1. The Morgan fingerprint density at radius 3 is 2.75 bits per heavy atom. The molecule has 1 aromatic rings. The standard InChI is InChI=1S/C15H24N2O3/c1-4-6-17(5-2)12(9-16)11-7-13(18-3)15-14(8-11)19-10-20-15/h7-8,12H,4-6,9-10,16H2,1-3H3. The topological polar surface area (TPSA) is 57.0 Å². The molecular weight excluding hydrogens is 256 g/mol. The van der Waals surface area contributed by atoms with Gasteiger partial charge >= 0.3 is 0 Å². The quantitative estimate of drug-likeness (QED) is 0.829. The molecule has 0 aliphatic carbocycles. The zero-order chi connectivity index (χ0) is 14.5. The number of nitrogens with zero attached hydrogens (tertiary/aromatic N) is 1. The molecule has 112 valence electrons. The van der Waals surface area contributed by atoms with Gasteiger partial charge in [0, 0.05) is 12.6 Å². The molecule has 1 aliphatic rings. The van der Waals surface area contributed by atoms with Crippen LogP contribution in [0.3, 0.4) is 0 Å². The zero-order valence-corrected chi connectivity index (χ0v) is 12.5. The Morgan fingerprint density at radius 2 is 2.15 bits per heavy atom. The highest BCUT2D eigenvalue weighted by molar-refractivity contribution is 5.55. The highest BCUT2D eigenvalue weighted by atomic mass is 16.7. The maximum Gasteiger partial charge on any atom is 0.231 e. The van der Waals surface area contributed by atoms with E-state index in [9.17, 15) is 0 Å². The Bertz CT molecular complexity index is 451. The highest BCUT2D eigenvalue weighted by Crippen LogP contribution is 2.43. The number of benzene rings is 1. The predicted octanol–water partition coefficient (Wildman–Crippen LogP) is 2.16. The van der Waals surface area contributed by atoms with Crippen LogP contribution < -0.4 is 19.9 Å². The predicted molar refractivity (Wildman–Crippen MR) is 78.5 cm³/mol. The second-order valence-corrected chi connectivity index (χ2v) is 4.84. The van der Waals surface area contributed by atoms with Crippen molar-refractivity contribution in [2.45, 2.75) is 26.3 Å². The lowest BCUT2D eigenvalue weighted by atomic mass is 10.0. The molecule has 20 heavy (non-hydrogen) atoms. The fraction of sp³-hybridized carbons (Fsp3) is 0.600. The van der Waals surface area contributed by atoms with Crippen molar-refractivity contribution in [2.24, 2.45) is 5.73 Å². The lowest BCUT2D eigenvalue weighted by Crippen LogP contribution is -2.34. The number of methoxy groups -OCH3 is 1. The summed E-state index contributed by atoms with van der Waals surface area (Å²) in [6, 6.07) is 4.19. The Labute approximate surface area is 120 Å². The van der Waals surface area contributed by atoms with E-state index in [-0.39, 0.29) is 12.8 Å². The van der Waals surface area contributed by atoms with Gasteiger partial charge in [0.25, 0.3) is 0 Å². The molecule has 2 rings (SSSR count). The minimum atomic E-state index is 0.170. The van der Waals surface area contributed by atoms with Crippen LogP contribution in [0.15, 0.2) is 12.1 Å². The fourth-order valence-corrected chi connectivity index (χ4v) is 2.66. The number of hydrogen-bond donors (Lipinski definition) is 1. The molecule has 0 saturated carbocycles. The third kappa shape index (κ3) is 2.83. The van der Waals surface area contributed by atoms with Crippen molar-refractivity contribution >= 4 is 0 Å². The van der Waals surface area contributed by atoms with Crippen molar-refractivity contribution in [1.82, 2.24) is 4.90 Å².